The van der Waals surface area contributed by atoms with Gasteiger partial charge < -0.3 is 15.2 Å². The number of nitrogens with two attached hydrogens (primary N) is 1. The summed E-state index contributed by atoms with van der Waals surface area (Å²) in [6.45, 7) is 3.17. The highest BCUT2D eigenvalue weighted by Crippen LogP contribution is 2.39. The zero-order chi connectivity index (χ0) is 15.4. The molecule has 0 unspecified atom stereocenters. The van der Waals surface area contributed by atoms with Crippen LogP contribution in [0, 0.1) is 0 Å². The molecule has 0 aliphatic carbocycles. The molecule has 2 N–H and O–H groups in total. The molecule has 0 spiro atoms. The number of benzene rings is 1. The summed E-state index contributed by atoms with van der Waals surface area (Å²) in [5.74, 6) is 0.119. The smallest absolute Gasteiger partial charge is 0.259 e. The lowest BCUT2D eigenvalue weighted by atomic mass is 10.1. The Labute approximate surface area is 122 Å². The summed E-state index contributed by atoms with van der Waals surface area (Å²) in [5.41, 5.74) is 7.60. The van der Waals surface area contributed by atoms with E-state index in [1.165, 1.54) is 13.8 Å². The van der Waals surface area contributed by atoms with Crippen molar-refractivity contribution in [2.45, 2.75) is 31.7 Å². The first kappa shape index (κ1) is 14.2. The summed E-state index contributed by atoms with van der Waals surface area (Å²) in [4.78, 5) is 12.0. The van der Waals surface area contributed by atoms with Crippen molar-refractivity contribution in [1.29, 1.82) is 0 Å². The van der Waals surface area contributed by atoms with Gasteiger partial charge in [-0.3, -0.25) is 4.79 Å². The highest BCUT2D eigenvalue weighted by molar-refractivity contribution is 7.94. The minimum Gasteiger partial charge on any atom is -0.467 e. The number of fused-ring (bicyclic) bond motifs is 1. The Bertz CT molecular complexity index is 726. The predicted octanol–water partition coefficient (Wildman–Crippen LogP) is 0.586. The van der Waals surface area contributed by atoms with E-state index in [0.717, 1.165) is 9.87 Å². The summed E-state index contributed by atoms with van der Waals surface area (Å²) < 4.78 is 34.4. The number of nitrogen functional groups attached to an aromatic ring is 1. The maximum absolute atomic E-state index is 12.1. The van der Waals surface area contributed by atoms with Gasteiger partial charge in [0, 0.05) is 16.8 Å². The van der Waals surface area contributed by atoms with Crippen LogP contribution in [-0.4, -0.2) is 30.2 Å². The molecule has 1 fully saturated rings. The third-order valence-corrected chi connectivity index (χ3v) is 6.14. The van der Waals surface area contributed by atoms with E-state index in [1.54, 1.807) is 12.1 Å². The molecular weight excluding hydrogens is 296 g/mol. The summed E-state index contributed by atoms with van der Waals surface area (Å²) in [5, 5.41) is 0. The number of hydrogen-bond donors (Lipinski definition) is 1. The van der Waals surface area contributed by atoms with Crippen LogP contribution in [0.25, 0.3) is 0 Å². The van der Waals surface area contributed by atoms with Crippen LogP contribution in [0.2, 0.25) is 0 Å². The molecule has 0 radical (unpaired) electrons. The number of sulfonamides is 1. The average molecular weight is 312 g/mol. The quantitative estimate of drug-likeness (QED) is 0.802. The van der Waals surface area contributed by atoms with Gasteiger partial charge in [0.1, 0.15) is 5.75 Å². The molecule has 1 saturated heterocycles. The van der Waals surface area contributed by atoms with Crippen molar-refractivity contribution in [3.63, 3.8) is 0 Å². The zero-order valence-electron chi connectivity index (χ0n) is 11.8. The van der Waals surface area contributed by atoms with Crippen LogP contribution in [0.4, 0.5) is 5.69 Å². The highest BCUT2D eigenvalue weighted by atomic mass is 32.2. The van der Waals surface area contributed by atoms with Gasteiger partial charge in [-0.25, -0.2) is 12.7 Å². The van der Waals surface area contributed by atoms with Crippen molar-refractivity contribution < 1.29 is 22.7 Å². The zero-order valence-corrected chi connectivity index (χ0v) is 12.6. The molecule has 114 valence electrons. The minimum absolute atomic E-state index is 0.0715. The van der Waals surface area contributed by atoms with Crippen molar-refractivity contribution in [3.05, 3.63) is 23.3 Å². The van der Waals surface area contributed by atoms with Gasteiger partial charge in [-0.05, 0) is 26.0 Å². The molecule has 3 rings (SSSR count). The Hall–Kier alpha value is -1.80. The van der Waals surface area contributed by atoms with Gasteiger partial charge in [-0.2, -0.15) is 0 Å². The van der Waals surface area contributed by atoms with E-state index in [4.69, 9.17) is 15.2 Å². The van der Waals surface area contributed by atoms with Crippen LogP contribution in [-0.2, 0) is 32.7 Å². The molecule has 0 saturated carbocycles. The van der Waals surface area contributed by atoms with Crippen molar-refractivity contribution >= 4 is 21.6 Å². The molecule has 1 aromatic carbocycles. The third kappa shape index (κ3) is 1.90. The van der Waals surface area contributed by atoms with Gasteiger partial charge in [0.15, 0.2) is 11.5 Å². The molecule has 0 bridgehead atoms. The first-order valence-corrected chi connectivity index (χ1v) is 7.87. The Kier molecular flexibility index (Phi) is 2.93. The standard InChI is InChI=1S/C13H16N2O5S/c1-13(2)12(16)15(21(13,17)18)5-8-3-10(14)4-9-6-19-7-20-11(8)9/h3-4H,5-7,14H2,1-2H3. The highest BCUT2D eigenvalue weighted by Gasteiger charge is 2.60. The molecule has 0 atom stereocenters. The Morgan fingerprint density at radius 2 is 2.10 bits per heavy atom. The molecule has 21 heavy (non-hydrogen) atoms. The topological polar surface area (TPSA) is 98.9 Å². The lowest BCUT2D eigenvalue weighted by molar-refractivity contribution is -0.132. The molecule has 2 heterocycles. The maximum Gasteiger partial charge on any atom is 0.259 e. The monoisotopic (exact) mass is 312 g/mol. The minimum atomic E-state index is -3.63. The van der Waals surface area contributed by atoms with E-state index >= 15 is 0 Å². The van der Waals surface area contributed by atoms with Gasteiger partial charge in [-0.1, -0.05) is 0 Å². The molecule has 2 aliphatic rings. The summed E-state index contributed by atoms with van der Waals surface area (Å²) >= 11 is 0. The fraction of sp³-hybridized carbons (Fsp3) is 0.462. The number of hydrogen-bond acceptors (Lipinski definition) is 6. The fourth-order valence-electron chi connectivity index (χ4n) is 2.51. The molecule has 0 aromatic heterocycles. The SMILES string of the molecule is CC1(C)C(=O)N(Cc2cc(N)cc3c2OCOC3)S1(=O)=O. The third-order valence-electron chi connectivity index (χ3n) is 3.80. The number of carbonyl (C=O) groups is 1. The van der Waals surface area contributed by atoms with E-state index in [0.29, 0.717) is 23.6 Å². The van der Waals surface area contributed by atoms with Gasteiger partial charge in [0.05, 0.1) is 13.2 Å². The van der Waals surface area contributed by atoms with Crippen molar-refractivity contribution in [1.82, 2.24) is 4.31 Å². The van der Waals surface area contributed by atoms with E-state index in [-0.39, 0.29) is 13.3 Å². The van der Waals surface area contributed by atoms with E-state index < -0.39 is 20.7 Å². The first-order valence-electron chi connectivity index (χ1n) is 6.43. The molecular formula is C13H16N2O5S. The lowest BCUT2D eigenvalue weighted by Gasteiger charge is -2.43. The summed E-state index contributed by atoms with van der Waals surface area (Å²) in [6.07, 6.45) is 0. The lowest BCUT2D eigenvalue weighted by Crippen LogP contribution is -2.66. The van der Waals surface area contributed by atoms with Crippen LogP contribution in [0.5, 0.6) is 5.75 Å². The number of amides is 1. The molecule has 8 heteroatoms. The maximum atomic E-state index is 12.1. The van der Waals surface area contributed by atoms with Crippen LogP contribution in [0.1, 0.15) is 25.0 Å². The van der Waals surface area contributed by atoms with Crippen LogP contribution < -0.4 is 10.5 Å². The van der Waals surface area contributed by atoms with Gasteiger partial charge in [0.2, 0.25) is 0 Å². The molecule has 2 aliphatic heterocycles. The molecule has 1 amide bonds. The second-order valence-corrected chi connectivity index (χ2v) is 8.02. The second kappa shape index (κ2) is 4.35. The van der Waals surface area contributed by atoms with Crippen molar-refractivity contribution in [2.24, 2.45) is 0 Å². The average Bonchev–Trinajstić information content (AvgIpc) is 2.43. The van der Waals surface area contributed by atoms with Crippen LogP contribution >= 0.6 is 0 Å². The summed E-state index contributed by atoms with van der Waals surface area (Å²) in [6, 6.07) is 3.34. The largest absolute Gasteiger partial charge is 0.467 e. The van der Waals surface area contributed by atoms with E-state index in [2.05, 4.69) is 0 Å². The van der Waals surface area contributed by atoms with Crippen molar-refractivity contribution in [2.75, 3.05) is 12.5 Å². The van der Waals surface area contributed by atoms with Crippen LogP contribution in [0.3, 0.4) is 0 Å². The Morgan fingerprint density at radius 3 is 2.76 bits per heavy atom. The molecule has 1 aromatic rings. The van der Waals surface area contributed by atoms with Gasteiger partial charge >= 0.3 is 0 Å². The fourth-order valence-corrected chi connectivity index (χ4v) is 4.02. The number of nitrogens with zero attached hydrogens (tertiary/aromatic N) is 1. The van der Waals surface area contributed by atoms with Crippen LogP contribution in [0.15, 0.2) is 12.1 Å². The van der Waals surface area contributed by atoms with E-state index in [9.17, 15) is 13.2 Å². The molecule has 7 nitrogen and oxygen atoms in total. The normalized spacial score (nSPS) is 22.2. The second-order valence-electron chi connectivity index (χ2n) is 5.61. The number of anilines is 1. The predicted molar refractivity (Wildman–Crippen MR) is 74.7 cm³/mol. The summed E-state index contributed by atoms with van der Waals surface area (Å²) in [7, 11) is -3.63. The Balaban J connectivity index is 1.97. The number of ether oxygens (including phenoxy) is 2. The Morgan fingerprint density at radius 1 is 1.38 bits per heavy atom. The number of rotatable bonds is 2. The number of carbonyl (C=O) groups excluding carboxylic acids is 1. The van der Waals surface area contributed by atoms with Gasteiger partial charge in [-0.15, -0.1) is 0 Å². The van der Waals surface area contributed by atoms with Gasteiger partial charge in [0.25, 0.3) is 15.9 Å². The first-order chi connectivity index (χ1) is 9.75. The van der Waals surface area contributed by atoms with Crippen molar-refractivity contribution in [3.8, 4) is 5.75 Å². The van der Waals surface area contributed by atoms with E-state index in [1.807, 2.05) is 0 Å².